The van der Waals surface area contributed by atoms with Crippen LogP contribution in [0.5, 0.6) is 5.75 Å². The molecule has 1 aromatic carbocycles. The zero-order valence-electron chi connectivity index (χ0n) is 16.4. The van der Waals surface area contributed by atoms with Crippen LogP contribution in [0.25, 0.3) is 11.3 Å². The second-order valence-electron chi connectivity index (χ2n) is 6.63. The quantitative estimate of drug-likeness (QED) is 0.569. The third-order valence-corrected chi connectivity index (χ3v) is 3.88. The van der Waals surface area contributed by atoms with E-state index >= 15 is 0 Å². The van der Waals surface area contributed by atoms with Crippen molar-refractivity contribution in [2.75, 3.05) is 37.8 Å². The highest BCUT2D eigenvalue weighted by Crippen LogP contribution is 2.28. The molecule has 0 saturated carbocycles. The number of anilines is 3. The van der Waals surface area contributed by atoms with Crippen LogP contribution < -0.4 is 15.4 Å². The van der Waals surface area contributed by atoms with E-state index in [1.54, 1.807) is 24.5 Å². The molecule has 0 amide bonds. The summed E-state index contributed by atoms with van der Waals surface area (Å²) in [7, 11) is 3.91. The number of hydrogen-bond donors (Lipinski definition) is 2. The van der Waals surface area contributed by atoms with Crippen LogP contribution >= 0.6 is 0 Å². The van der Waals surface area contributed by atoms with Gasteiger partial charge < -0.3 is 20.3 Å². The Morgan fingerprint density at radius 3 is 2.50 bits per heavy atom. The zero-order chi connectivity index (χ0) is 21.6. The van der Waals surface area contributed by atoms with Gasteiger partial charge in [-0.3, -0.25) is 4.98 Å². The first-order chi connectivity index (χ1) is 14.3. The number of hydrogen-bond acceptors (Lipinski definition) is 7. The third kappa shape index (κ3) is 6.59. The van der Waals surface area contributed by atoms with Gasteiger partial charge in [0.15, 0.2) is 0 Å². The van der Waals surface area contributed by atoms with E-state index in [4.69, 9.17) is 0 Å². The molecule has 7 nitrogen and oxygen atoms in total. The van der Waals surface area contributed by atoms with Crippen LogP contribution in [0.15, 0.2) is 54.9 Å². The van der Waals surface area contributed by atoms with Gasteiger partial charge in [0, 0.05) is 48.9 Å². The van der Waals surface area contributed by atoms with Crippen LogP contribution in [0.3, 0.4) is 0 Å². The maximum absolute atomic E-state index is 12.5. The fraction of sp³-hybridized carbons (Fsp3) is 0.250. The van der Waals surface area contributed by atoms with E-state index in [-0.39, 0.29) is 5.75 Å². The summed E-state index contributed by atoms with van der Waals surface area (Å²) in [5.74, 6) is 0.505. The number of alkyl halides is 3. The summed E-state index contributed by atoms with van der Waals surface area (Å²) in [6.07, 6.45) is -1.45. The zero-order valence-corrected chi connectivity index (χ0v) is 16.4. The summed E-state index contributed by atoms with van der Waals surface area (Å²) in [6, 6.07) is 10.9. The van der Waals surface area contributed by atoms with E-state index in [0.717, 1.165) is 12.1 Å². The van der Waals surface area contributed by atoms with Crippen molar-refractivity contribution in [3.05, 3.63) is 54.9 Å². The molecule has 2 heterocycles. The van der Waals surface area contributed by atoms with Gasteiger partial charge in [-0.05, 0) is 38.4 Å². The Balaban J connectivity index is 1.86. The number of aromatic nitrogens is 3. The molecule has 0 aliphatic rings. The number of nitrogens with one attached hydrogen (secondary N) is 2. The lowest BCUT2D eigenvalue weighted by atomic mass is 10.2. The summed E-state index contributed by atoms with van der Waals surface area (Å²) in [5, 5.41) is 6.18. The molecule has 30 heavy (non-hydrogen) atoms. The molecular formula is C20H21F3N6O. The van der Waals surface area contributed by atoms with Crippen molar-refractivity contribution in [1.29, 1.82) is 0 Å². The Bertz CT molecular complexity index is 966. The molecule has 0 atom stereocenters. The van der Waals surface area contributed by atoms with E-state index in [9.17, 15) is 13.2 Å². The highest BCUT2D eigenvalue weighted by molar-refractivity contribution is 5.67. The third-order valence-electron chi connectivity index (χ3n) is 3.88. The van der Waals surface area contributed by atoms with E-state index in [2.05, 4.69) is 30.3 Å². The predicted octanol–water partition coefficient (Wildman–Crippen LogP) is 4.15. The van der Waals surface area contributed by atoms with Crippen molar-refractivity contribution in [3.63, 3.8) is 0 Å². The number of halogens is 3. The minimum absolute atomic E-state index is 0.319. The van der Waals surface area contributed by atoms with Crippen LogP contribution in [0, 0.1) is 0 Å². The van der Waals surface area contributed by atoms with E-state index in [1.165, 1.54) is 18.2 Å². The molecule has 0 unspecified atom stereocenters. The molecule has 0 aliphatic carbocycles. The van der Waals surface area contributed by atoms with E-state index < -0.39 is 6.36 Å². The van der Waals surface area contributed by atoms with Crippen LogP contribution in [0.1, 0.15) is 0 Å². The SMILES string of the molecule is CN(C)CCNc1nc(Nc2cccc(OC(F)(F)F)c2)cc(-c2ccncc2)n1. The number of ether oxygens (including phenoxy) is 1. The Morgan fingerprint density at radius 2 is 1.80 bits per heavy atom. The van der Waals surface area contributed by atoms with Crippen LogP contribution in [0.2, 0.25) is 0 Å². The summed E-state index contributed by atoms with van der Waals surface area (Å²) in [5.41, 5.74) is 1.88. The first kappa shape index (κ1) is 21.3. The number of rotatable bonds is 8. The number of pyridine rings is 1. The average Bonchev–Trinajstić information content (AvgIpc) is 2.67. The minimum Gasteiger partial charge on any atom is -0.406 e. The average molecular weight is 418 g/mol. The molecular weight excluding hydrogens is 397 g/mol. The number of likely N-dealkylation sites (N-methyl/N-ethyl adjacent to an activating group) is 1. The molecule has 0 bridgehead atoms. The Kier molecular flexibility index (Phi) is 6.68. The van der Waals surface area contributed by atoms with Crippen molar-refractivity contribution in [1.82, 2.24) is 19.9 Å². The van der Waals surface area contributed by atoms with E-state index in [1.807, 2.05) is 31.1 Å². The van der Waals surface area contributed by atoms with Gasteiger partial charge in [-0.15, -0.1) is 13.2 Å². The Labute approximate surface area is 171 Å². The standard InChI is InChI=1S/C20H21F3N6O/c1-29(2)11-10-25-19-27-17(14-6-8-24-9-7-14)13-18(28-19)26-15-4-3-5-16(12-15)30-20(21,22)23/h3-9,12-13H,10-11H2,1-2H3,(H2,25,26,27,28). The molecule has 2 aromatic heterocycles. The highest BCUT2D eigenvalue weighted by Gasteiger charge is 2.31. The molecule has 3 aromatic rings. The van der Waals surface area contributed by atoms with Crippen LogP contribution in [-0.2, 0) is 0 Å². The Morgan fingerprint density at radius 1 is 1.03 bits per heavy atom. The smallest absolute Gasteiger partial charge is 0.406 e. The number of nitrogens with zero attached hydrogens (tertiary/aromatic N) is 4. The molecule has 10 heteroatoms. The monoisotopic (exact) mass is 418 g/mol. The largest absolute Gasteiger partial charge is 0.573 e. The van der Waals surface area contributed by atoms with Gasteiger partial charge in [0.1, 0.15) is 11.6 Å². The lowest BCUT2D eigenvalue weighted by molar-refractivity contribution is -0.274. The molecule has 0 spiro atoms. The summed E-state index contributed by atoms with van der Waals surface area (Å²) in [6.45, 7) is 1.41. The van der Waals surface area contributed by atoms with Crippen molar-refractivity contribution < 1.29 is 17.9 Å². The van der Waals surface area contributed by atoms with Crippen LogP contribution in [0.4, 0.5) is 30.6 Å². The van der Waals surface area contributed by atoms with Crippen molar-refractivity contribution in [2.24, 2.45) is 0 Å². The van der Waals surface area contributed by atoms with E-state index in [0.29, 0.717) is 29.7 Å². The maximum Gasteiger partial charge on any atom is 0.573 e. The van der Waals surface area contributed by atoms with Crippen molar-refractivity contribution in [2.45, 2.75) is 6.36 Å². The lowest BCUT2D eigenvalue weighted by Gasteiger charge is -2.14. The lowest BCUT2D eigenvalue weighted by Crippen LogP contribution is -2.21. The van der Waals surface area contributed by atoms with Gasteiger partial charge in [-0.1, -0.05) is 6.07 Å². The number of benzene rings is 1. The minimum atomic E-state index is -4.76. The molecule has 0 radical (unpaired) electrons. The molecule has 2 N–H and O–H groups in total. The second kappa shape index (κ2) is 9.40. The van der Waals surface area contributed by atoms with Gasteiger partial charge in [-0.2, -0.15) is 4.98 Å². The summed E-state index contributed by atoms with van der Waals surface area (Å²) in [4.78, 5) is 15.0. The molecule has 158 valence electrons. The summed E-state index contributed by atoms with van der Waals surface area (Å²) < 4.78 is 41.4. The van der Waals surface area contributed by atoms with Gasteiger partial charge in [0.05, 0.1) is 5.69 Å². The fourth-order valence-corrected chi connectivity index (χ4v) is 2.57. The van der Waals surface area contributed by atoms with Gasteiger partial charge >= 0.3 is 6.36 Å². The second-order valence-corrected chi connectivity index (χ2v) is 6.63. The predicted molar refractivity (Wildman–Crippen MR) is 109 cm³/mol. The molecule has 0 fully saturated rings. The van der Waals surface area contributed by atoms with Crippen LogP contribution in [-0.4, -0.2) is 53.4 Å². The maximum atomic E-state index is 12.5. The van der Waals surface area contributed by atoms with Crippen molar-refractivity contribution >= 4 is 17.5 Å². The Hall–Kier alpha value is -3.40. The van der Waals surface area contributed by atoms with Crippen molar-refractivity contribution in [3.8, 4) is 17.0 Å². The van der Waals surface area contributed by atoms with Gasteiger partial charge in [0.25, 0.3) is 0 Å². The first-order valence-electron chi connectivity index (χ1n) is 9.09. The summed E-state index contributed by atoms with van der Waals surface area (Å²) >= 11 is 0. The first-order valence-corrected chi connectivity index (χ1v) is 9.09. The fourth-order valence-electron chi connectivity index (χ4n) is 2.57. The molecule has 0 aliphatic heterocycles. The molecule has 3 rings (SSSR count). The normalized spacial score (nSPS) is 11.4. The highest BCUT2D eigenvalue weighted by atomic mass is 19.4. The van der Waals surface area contributed by atoms with Gasteiger partial charge in [-0.25, -0.2) is 4.98 Å². The van der Waals surface area contributed by atoms with Gasteiger partial charge in [0.2, 0.25) is 5.95 Å². The molecule has 0 saturated heterocycles. The topological polar surface area (TPSA) is 75.2 Å².